The number of nitrogens with zero attached hydrogens (tertiary/aromatic N) is 1. The van der Waals surface area contributed by atoms with Crippen molar-refractivity contribution in [3.63, 3.8) is 0 Å². The van der Waals surface area contributed by atoms with Gasteiger partial charge in [-0.25, -0.2) is 18.1 Å². The van der Waals surface area contributed by atoms with Crippen molar-refractivity contribution in [2.24, 2.45) is 0 Å². The molecule has 1 aromatic heterocycles. The molecule has 2 aromatic rings. The number of para-hydroxylation sites is 1. The van der Waals surface area contributed by atoms with Gasteiger partial charge in [0.1, 0.15) is 16.5 Å². The number of hydrogen-bond donors (Lipinski definition) is 2. The molecule has 0 atom stereocenters. The fraction of sp³-hybridized carbons (Fsp3) is 0.214. The minimum Gasteiger partial charge on any atom is -0.496 e. The molecule has 1 heterocycles. The molecule has 0 fully saturated rings. The third-order valence-corrected chi connectivity index (χ3v) is 4.38. The Labute approximate surface area is 124 Å². The van der Waals surface area contributed by atoms with Gasteiger partial charge in [0, 0.05) is 25.4 Å². The number of methoxy groups -OCH3 is 1. The summed E-state index contributed by atoms with van der Waals surface area (Å²) in [5.41, 5.74) is 0.762. The second kappa shape index (κ2) is 6.55. The molecule has 0 bridgehead atoms. The fourth-order valence-corrected chi connectivity index (χ4v) is 3.06. The summed E-state index contributed by atoms with van der Waals surface area (Å²) in [6.45, 7) is 0.143. The van der Waals surface area contributed by atoms with E-state index in [1.807, 2.05) is 18.2 Å². The van der Waals surface area contributed by atoms with E-state index >= 15 is 0 Å². The molecule has 0 radical (unpaired) electrons. The number of hydrogen-bond acceptors (Lipinski definition) is 5. The number of pyridine rings is 1. The second-order valence-electron chi connectivity index (χ2n) is 4.24. The zero-order valence-corrected chi connectivity index (χ0v) is 12.6. The molecule has 0 saturated carbocycles. The number of benzene rings is 1. The topological polar surface area (TPSA) is 80.3 Å². The summed E-state index contributed by atoms with van der Waals surface area (Å²) >= 11 is 0. The summed E-state index contributed by atoms with van der Waals surface area (Å²) in [4.78, 5) is 4.11. The van der Waals surface area contributed by atoms with E-state index in [1.165, 1.54) is 12.3 Å². The Morgan fingerprint density at radius 2 is 1.95 bits per heavy atom. The van der Waals surface area contributed by atoms with Crippen LogP contribution in [0.15, 0.2) is 47.5 Å². The minimum absolute atomic E-state index is 0.113. The molecule has 2 N–H and O–H groups in total. The van der Waals surface area contributed by atoms with Gasteiger partial charge in [0.15, 0.2) is 0 Å². The molecule has 0 saturated heterocycles. The molecule has 0 unspecified atom stereocenters. The first-order chi connectivity index (χ1) is 10.1. The van der Waals surface area contributed by atoms with Crippen LogP contribution in [0.1, 0.15) is 5.56 Å². The smallest absolute Gasteiger partial charge is 0.244 e. The van der Waals surface area contributed by atoms with Gasteiger partial charge in [0.2, 0.25) is 10.0 Å². The zero-order chi connectivity index (χ0) is 15.3. The van der Waals surface area contributed by atoms with E-state index in [0.29, 0.717) is 11.6 Å². The van der Waals surface area contributed by atoms with E-state index in [0.717, 1.165) is 5.56 Å². The van der Waals surface area contributed by atoms with Gasteiger partial charge >= 0.3 is 0 Å². The monoisotopic (exact) mass is 307 g/mol. The van der Waals surface area contributed by atoms with Crippen LogP contribution in [0.4, 0.5) is 5.82 Å². The van der Waals surface area contributed by atoms with E-state index in [9.17, 15) is 8.42 Å². The third kappa shape index (κ3) is 3.50. The average molecular weight is 307 g/mol. The number of nitrogens with one attached hydrogen (secondary N) is 2. The quantitative estimate of drug-likeness (QED) is 0.847. The van der Waals surface area contributed by atoms with Crippen molar-refractivity contribution in [1.82, 2.24) is 9.71 Å². The van der Waals surface area contributed by atoms with Crippen LogP contribution in [0.3, 0.4) is 0 Å². The number of sulfonamides is 1. The Morgan fingerprint density at radius 1 is 1.19 bits per heavy atom. The van der Waals surface area contributed by atoms with Crippen LogP contribution in [0, 0.1) is 0 Å². The normalized spacial score (nSPS) is 11.1. The highest BCUT2D eigenvalue weighted by atomic mass is 32.2. The molecule has 0 aliphatic heterocycles. The van der Waals surface area contributed by atoms with E-state index in [4.69, 9.17) is 4.74 Å². The molecule has 0 spiro atoms. The lowest BCUT2D eigenvalue weighted by molar-refractivity contribution is 0.409. The van der Waals surface area contributed by atoms with Crippen LogP contribution in [-0.2, 0) is 16.6 Å². The molecule has 0 amide bonds. The van der Waals surface area contributed by atoms with Gasteiger partial charge in [-0.15, -0.1) is 0 Å². The van der Waals surface area contributed by atoms with E-state index in [-0.39, 0.29) is 11.4 Å². The van der Waals surface area contributed by atoms with Crippen molar-refractivity contribution in [2.45, 2.75) is 11.4 Å². The molecule has 7 heteroatoms. The van der Waals surface area contributed by atoms with Gasteiger partial charge < -0.3 is 10.1 Å². The highest BCUT2D eigenvalue weighted by Gasteiger charge is 2.19. The SMILES string of the molecule is CNc1ncccc1S(=O)(=O)NCc1ccccc1OC. The van der Waals surface area contributed by atoms with Crippen LogP contribution >= 0.6 is 0 Å². The summed E-state index contributed by atoms with van der Waals surface area (Å²) in [5.74, 6) is 0.949. The van der Waals surface area contributed by atoms with Gasteiger partial charge in [0.05, 0.1) is 7.11 Å². The summed E-state index contributed by atoms with van der Waals surface area (Å²) in [7, 11) is -0.481. The van der Waals surface area contributed by atoms with Crippen molar-refractivity contribution in [2.75, 3.05) is 19.5 Å². The molecule has 6 nitrogen and oxygen atoms in total. The van der Waals surface area contributed by atoms with Crippen molar-refractivity contribution >= 4 is 15.8 Å². The molecular formula is C14H17N3O3S. The largest absolute Gasteiger partial charge is 0.496 e. The van der Waals surface area contributed by atoms with Gasteiger partial charge in [-0.1, -0.05) is 18.2 Å². The zero-order valence-electron chi connectivity index (χ0n) is 11.8. The van der Waals surface area contributed by atoms with Crippen LogP contribution in [0.2, 0.25) is 0 Å². The standard InChI is InChI=1S/C14H17N3O3S/c1-15-14-13(8-5-9-16-14)21(18,19)17-10-11-6-3-4-7-12(11)20-2/h3-9,17H,10H2,1-2H3,(H,15,16). The molecule has 21 heavy (non-hydrogen) atoms. The second-order valence-corrected chi connectivity index (χ2v) is 5.97. The average Bonchev–Trinajstić information content (AvgIpc) is 2.53. The Balaban J connectivity index is 2.22. The number of anilines is 1. The third-order valence-electron chi connectivity index (χ3n) is 2.94. The van der Waals surface area contributed by atoms with Crippen molar-refractivity contribution < 1.29 is 13.2 Å². The Kier molecular flexibility index (Phi) is 4.77. The van der Waals surface area contributed by atoms with Gasteiger partial charge in [-0.2, -0.15) is 0 Å². The van der Waals surface area contributed by atoms with E-state index in [1.54, 1.807) is 26.3 Å². The molecular weight excluding hydrogens is 290 g/mol. The van der Waals surface area contributed by atoms with Gasteiger partial charge in [-0.05, 0) is 18.2 Å². The predicted octanol–water partition coefficient (Wildman–Crippen LogP) is 1.61. The summed E-state index contributed by atoms with van der Waals surface area (Å²) in [6.07, 6.45) is 1.53. The fourth-order valence-electron chi connectivity index (χ4n) is 1.89. The van der Waals surface area contributed by atoms with Crippen LogP contribution in [0.25, 0.3) is 0 Å². The maximum absolute atomic E-state index is 12.4. The molecule has 112 valence electrons. The first-order valence-corrected chi connectivity index (χ1v) is 7.81. The van der Waals surface area contributed by atoms with Crippen molar-refractivity contribution in [1.29, 1.82) is 0 Å². The lowest BCUT2D eigenvalue weighted by atomic mass is 10.2. The lowest BCUT2D eigenvalue weighted by Gasteiger charge is -2.12. The highest BCUT2D eigenvalue weighted by molar-refractivity contribution is 7.89. The van der Waals surface area contributed by atoms with Gasteiger partial charge in [-0.3, -0.25) is 0 Å². The van der Waals surface area contributed by atoms with E-state index < -0.39 is 10.0 Å². The number of ether oxygens (including phenoxy) is 1. The number of aromatic nitrogens is 1. The van der Waals surface area contributed by atoms with Crippen LogP contribution < -0.4 is 14.8 Å². The number of rotatable bonds is 6. The first kappa shape index (κ1) is 15.3. The predicted molar refractivity (Wildman–Crippen MR) is 80.8 cm³/mol. The molecule has 0 aliphatic rings. The van der Waals surface area contributed by atoms with Gasteiger partial charge in [0.25, 0.3) is 0 Å². The Hall–Kier alpha value is -2.12. The first-order valence-electron chi connectivity index (χ1n) is 6.33. The molecule has 0 aliphatic carbocycles. The highest BCUT2D eigenvalue weighted by Crippen LogP contribution is 2.20. The Bertz CT molecular complexity index is 717. The molecule has 2 rings (SSSR count). The lowest BCUT2D eigenvalue weighted by Crippen LogP contribution is -2.24. The summed E-state index contributed by atoms with van der Waals surface area (Å²) in [6, 6.07) is 10.3. The van der Waals surface area contributed by atoms with Crippen LogP contribution in [-0.4, -0.2) is 27.6 Å². The summed E-state index contributed by atoms with van der Waals surface area (Å²) in [5, 5.41) is 2.77. The van der Waals surface area contributed by atoms with Crippen LogP contribution in [0.5, 0.6) is 5.75 Å². The maximum Gasteiger partial charge on any atom is 0.244 e. The molecule has 1 aromatic carbocycles. The minimum atomic E-state index is -3.66. The summed E-state index contributed by atoms with van der Waals surface area (Å²) < 4.78 is 32.5. The van der Waals surface area contributed by atoms with Crippen molar-refractivity contribution in [3.8, 4) is 5.75 Å². The maximum atomic E-state index is 12.4. The van der Waals surface area contributed by atoms with E-state index in [2.05, 4.69) is 15.0 Å². The van der Waals surface area contributed by atoms with Crippen molar-refractivity contribution in [3.05, 3.63) is 48.2 Å². The Morgan fingerprint density at radius 3 is 2.67 bits per heavy atom.